The van der Waals surface area contributed by atoms with Crippen molar-refractivity contribution >= 4 is 35.7 Å². The number of likely N-dealkylation sites (tertiary alicyclic amines) is 1. The summed E-state index contributed by atoms with van der Waals surface area (Å²) >= 11 is 0. The van der Waals surface area contributed by atoms with Gasteiger partial charge >= 0.3 is 0 Å². The molecule has 0 bridgehead atoms. The minimum atomic E-state index is 0. The highest BCUT2D eigenvalue weighted by molar-refractivity contribution is 5.86. The van der Waals surface area contributed by atoms with Gasteiger partial charge in [-0.25, -0.2) is 0 Å². The molecule has 1 aliphatic heterocycles. The van der Waals surface area contributed by atoms with Gasteiger partial charge in [0, 0.05) is 17.1 Å². The van der Waals surface area contributed by atoms with Crippen LogP contribution in [0, 0.1) is 0 Å². The van der Waals surface area contributed by atoms with Gasteiger partial charge in [0.1, 0.15) is 5.75 Å². The molecule has 0 spiro atoms. The highest BCUT2D eigenvalue weighted by atomic mass is 35.5. The molecule has 0 amide bonds. The normalized spacial score (nSPS) is 15.6. The van der Waals surface area contributed by atoms with E-state index >= 15 is 0 Å². The molecular formula is C20H33Cl2N3O. The number of unbranched alkanes of at least 4 members (excludes halogenated alkanes) is 4. The van der Waals surface area contributed by atoms with Gasteiger partial charge in [-0.1, -0.05) is 19.3 Å². The quantitative estimate of drug-likeness (QED) is 0.556. The third kappa shape index (κ3) is 6.05. The van der Waals surface area contributed by atoms with Crippen LogP contribution in [0.5, 0.6) is 5.75 Å². The van der Waals surface area contributed by atoms with Crippen LogP contribution in [0.15, 0.2) is 24.4 Å². The van der Waals surface area contributed by atoms with Crippen LogP contribution in [0.3, 0.4) is 0 Å². The first-order valence-corrected chi connectivity index (χ1v) is 9.50. The highest BCUT2D eigenvalue weighted by Crippen LogP contribution is 2.34. The smallest absolute Gasteiger partial charge is 0.116 e. The Morgan fingerprint density at radius 2 is 1.73 bits per heavy atom. The van der Waals surface area contributed by atoms with Crippen molar-refractivity contribution in [3.8, 4) is 5.75 Å². The molecule has 0 aliphatic carbocycles. The minimum Gasteiger partial charge on any atom is -0.508 e. The summed E-state index contributed by atoms with van der Waals surface area (Å²) in [7, 11) is 0. The number of H-pyrrole nitrogens is 1. The van der Waals surface area contributed by atoms with Crippen LogP contribution < -0.4 is 5.73 Å². The third-order valence-corrected chi connectivity index (χ3v) is 5.40. The molecule has 1 aromatic carbocycles. The number of halogens is 2. The Kier molecular flexibility index (Phi) is 10.4. The second-order valence-electron chi connectivity index (χ2n) is 7.15. The van der Waals surface area contributed by atoms with Gasteiger partial charge in [-0.15, -0.1) is 24.8 Å². The van der Waals surface area contributed by atoms with Gasteiger partial charge in [0.05, 0.1) is 0 Å². The van der Waals surface area contributed by atoms with E-state index in [4.69, 9.17) is 5.73 Å². The zero-order valence-corrected chi connectivity index (χ0v) is 17.1. The van der Waals surface area contributed by atoms with E-state index in [1.807, 2.05) is 12.1 Å². The number of hydrogen-bond donors (Lipinski definition) is 3. The van der Waals surface area contributed by atoms with Crippen molar-refractivity contribution in [3.05, 3.63) is 30.0 Å². The molecule has 2 aromatic rings. The molecule has 0 saturated carbocycles. The molecule has 0 unspecified atom stereocenters. The number of rotatable bonds is 8. The fraction of sp³-hybridized carbons (Fsp3) is 0.600. The molecule has 1 saturated heterocycles. The molecule has 6 heteroatoms. The zero-order valence-electron chi connectivity index (χ0n) is 15.5. The summed E-state index contributed by atoms with van der Waals surface area (Å²) < 4.78 is 0. The summed E-state index contributed by atoms with van der Waals surface area (Å²) in [6.07, 6.45) is 11.0. The van der Waals surface area contributed by atoms with Crippen LogP contribution in [-0.4, -0.2) is 41.2 Å². The Hall–Kier alpha value is -0.940. The molecule has 0 radical (unpaired) electrons. The van der Waals surface area contributed by atoms with E-state index in [2.05, 4.69) is 16.1 Å². The summed E-state index contributed by atoms with van der Waals surface area (Å²) in [6.45, 7) is 4.46. The van der Waals surface area contributed by atoms with Crippen LogP contribution in [0.1, 0.15) is 56.4 Å². The number of nitrogens with two attached hydrogens (primary N) is 1. The molecule has 1 fully saturated rings. The topological polar surface area (TPSA) is 65.3 Å². The molecular weight excluding hydrogens is 369 g/mol. The Bertz CT molecular complexity index is 639. The van der Waals surface area contributed by atoms with Crippen molar-refractivity contribution in [1.29, 1.82) is 0 Å². The first-order chi connectivity index (χ1) is 11.8. The van der Waals surface area contributed by atoms with Gasteiger partial charge in [0.2, 0.25) is 0 Å². The van der Waals surface area contributed by atoms with Gasteiger partial charge in [-0.3, -0.25) is 0 Å². The molecule has 1 aliphatic rings. The first-order valence-electron chi connectivity index (χ1n) is 9.50. The van der Waals surface area contributed by atoms with Gasteiger partial charge in [0.25, 0.3) is 0 Å². The van der Waals surface area contributed by atoms with Crippen LogP contribution in [0.2, 0.25) is 0 Å². The average molecular weight is 402 g/mol. The zero-order chi connectivity index (χ0) is 16.8. The summed E-state index contributed by atoms with van der Waals surface area (Å²) in [4.78, 5) is 5.97. The maximum absolute atomic E-state index is 9.76. The number of phenolic OH excluding ortho intramolecular Hbond substituents is 1. The van der Waals surface area contributed by atoms with Gasteiger partial charge in [-0.05, 0) is 81.5 Å². The summed E-state index contributed by atoms with van der Waals surface area (Å²) in [5, 5.41) is 10.9. The number of aromatic nitrogens is 1. The van der Waals surface area contributed by atoms with Gasteiger partial charge in [0.15, 0.2) is 0 Å². The summed E-state index contributed by atoms with van der Waals surface area (Å²) in [5.41, 5.74) is 8.04. The molecule has 0 atom stereocenters. The largest absolute Gasteiger partial charge is 0.508 e. The van der Waals surface area contributed by atoms with Crippen molar-refractivity contribution in [1.82, 2.24) is 9.88 Å². The molecule has 3 rings (SSSR count). The molecule has 2 heterocycles. The third-order valence-electron chi connectivity index (χ3n) is 5.40. The van der Waals surface area contributed by atoms with Crippen LogP contribution in [-0.2, 0) is 0 Å². The van der Waals surface area contributed by atoms with E-state index in [0.29, 0.717) is 11.7 Å². The molecule has 4 N–H and O–H groups in total. The van der Waals surface area contributed by atoms with Crippen molar-refractivity contribution in [2.24, 2.45) is 5.73 Å². The predicted octanol–water partition coefficient (Wildman–Crippen LogP) is 4.81. The fourth-order valence-electron chi connectivity index (χ4n) is 3.95. The van der Waals surface area contributed by atoms with Crippen molar-refractivity contribution in [3.63, 3.8) is 0 Å². The predicted molar refractivity (Wildman–Crippen MR) is 115 cm³/mol. The lowest BCUT2D eigenvalue weighted by molar-refractivity contribution is 0.208. The highest BCUT2D eigenvalue weighted by Gasteiger charge is 2.22. The maximum Gasteiger partial charge on any atom is 0.116 e. The summed E-state index contributed by atoms with van der Waals surface area (Å²) in [5.74, 6) is 0.969. The number of piperidine rings is 1. The fourth-order valence-corrected chi connectivity index (χ4v) is 3.95. The number of aromatic amines is 1. The molecule has 1 aromatic heterocycles. The summed E-state index contributed by atoms with van der Waals surface area (Å²) in [6, 6.07) is 5.61. The van der Waals surface area contributed by atoms with Crippen LogP contribution >= 0.6 is 24.8 Å². The van der Waals surface area contributed by atoms with E-state index in [0.717, 1.165) is 12.1 Å². The van der Waals surface area contributed by atoms with E-state index < -0.39 is 0 Å². The number of aromatic hydroxyl groups is 1. The number of phenols is 1. The number of benzene rings is 1. The molecule has 4 nitrogen and oxygen atoms in total. The monoisotopic (exact) mass is 401 g/mol. The van der Waals surface area contributed by atoms with Crippen LogP contribution in [0.25, 0.3) is 10.9 Å². The number of nitrogens with zero attached hydrogens (tertiary/aromatic N) is 1. The first kappa shape index (κ1) is 23.1. The van der Waals surface area contributed by atoms with Gasteiger partial charge in [-0.2, -0.15) is 0 Å². The Labute approximate surface area is 169 Å². The minimum absolute atomic E-state index is 0. The number of fused-ring (bicyclic) bond motifs is 1. The standard InChI is InChI=1S/C20H31N3O.2ClH/c21-10-4-2-1-3-5-11-23-12-8-16(9-13-23)19-15-22-20-7-6-17(24)14-18(19)20;;/h6-7,14-16,22,24H,1-5,8-13,21H2;2*1H. The lowest BCUT2D eigenvalue weighted by atomic mass is 9.89. The van der Waals surface area contributed by atoms with E-state index in [-0.39, 0.29) is 24.8 Å². The Balaban J connectivity index is 0.00000169. The van der Waals surface area contributed by atoms with Crippen molar-refractivity contribution < 1.29 is 5.11 Å². The second kappa shape index (κ2) is 11.7. The van der Waals surface area contributed by atoms with Gasteiger partial charge < -0.3 is 20.7 Å². The maximum atomic E-state index is 9.76. The molecule has 26 heavy (non-hydrogen) atoms. The number of nitrogens with one attached hydrogen (secondary N) is 1. The molecule has 148 valence electrons. The SMILES string of the molecule is Cl.Cl.NCCCCCCCN1CCC(c2c[nH]c3ccc(O)cc23)CC1. The number of hydrogen-bond acceptors (Lipinski definition) is 3. The Morgan fingerprint density at radius 3 is 2.46 bits per heavy atom. The van der Waals surface area contributed by atoms with Crippen LogP contribution in [0.4, 0.5) is 0 Å². The lowest BCUT2D eigenvalue weighted by Gasteiger charge is -2.32. The second-order valence-corrected chi connectivity index (χ2v) is 7.15. The van der Waals surface area contributed by atoms with E-state index in [9.17, 15) is 5.11 Å². The average Bonchev–Trinajstić information content (AvgIpc) is 3.01. The Morgan fingerprint density at radius 1 is 1.04 bits per heavy atom. The van der Waals surface area contributed by atoms with E-state index in [1.165, 1.54) is 75.5 Å². The lowest BCUT2D eigenvalue weighted by Crippen LogP contribution is -2.33. The van der Waals surface area contributed by atoms with E-state index in [1.54, 1.807) is 6.07 Å². The van der Waals surface area contributed by atoms with Crippen molar-refractivity contribution in [2.45, 2.75) is 50.9 Å². The van der Waals surface area contributed by atoms with Crippen molar-refractivity contribution in [2.75, 3.05) is 26.2 Å².